The molecule has 0 aliphatic carbocycles. The monoisotopic (exact) mass is 418 g/mol. The summed E-state index contributed by atoms with van der Waals surface area (Å²) < 4.78 is 0. The smallest absolute Gasteiger partial charge is 0.274 e. The maximum absolute atomic E-state index is 13.0. The zero-order valence-corrected chi connectivity index (χ0v) is 18.4. The Kier molecular flexibility index (Phi) is 6.32. The van der Waals surface area contributed by atoms with Crippen LogP contribution in [0.1, 0.15) is 28.9 Å². The van der Waals surface area contributed by atoms with Gasteiger partial charge in [0.1, 0.15) is 5.69 Å². The fourth-order valence-electron chi connectivity index (χ4n) is 4.18. The topological polar surface area (TPSA) is 77.1 Å². The van der Waals surface area contributed by atoms with Crippen molar-refractivity contribution in [2.75, 3.05) is 43.9 Å². The molecular weight excluding hydrogens is 388 g/mol. The summed E-state index contributed by atoms with van der Waals surface area (Å²) in [5, 5.41) is 9.94. The Hall–Kier alpha value is -3.19. The lowest BCUT2D eigenvalue weighted by atomic mass is 9.95. The Labute approximate surface area is 183 Å². The normalized spacial score (nSPS) is 14.8. The van der Waals surface area contributed by atoms with Crippen molar-refractivity contribution in [3.05, 3.63) is 59.9 Å². The van der Waals surface area contributed by atoms with Crippen molar-refractivity contribution in [3.8, 4) is 11.4 Å². The molecule has 0 atom stereocenters. The molecule has 162 valence electrons. The molecule has 0 radical (unpaired) electrons. The highest BCUT2D eigenvalue weighted by molar-refractivity contribution is 6.05. The van der Waals surface area contributed by atoms with E-state index < -0.39 is 0 Å². The quantitative estimate of drug-likeness (QED) is 0.637. The highest BCUT2D eigenvalue weighted by atomic mass is 16.1. The number of hydrogen-bond acceptors (Lipinski definition) is 5. The van der Waals surface area contributed by atoms with E-state index in [0.29, 0.717) is 11.4 Å². The average molecular weight is 419 g/mol. The zero-order chi connectivity index (χ0) is 21.8. The second-order valence-electron chi connectivity index (χ2n) is 8.55. The number of carbonyl (C=O) groups is 1. The van der Waals surface area contributed by atoms with E-state index in [1.54, 1.807) is 12.3 Å². The van der Waals surface area contributed by atoms with E-state index in [-0.39, 0.29) is 5.91 Å². The van der Waals surface area contributed by atoms with Crippen LogP contribution in [0.4, 0.5) is 11.4 Å². The number of amides is 1. The number of pyridine rings is 1. The summed E-state index contributed by atoms with van der Waals surface area (Å²) in [7, 11) is 4.27. The lowest BCUT2D eigenvalue weighted by molar-refractivity contribution is 0.102. The van der Waals surface area contributed by atoms with E-state index >= 15 is 0 Å². The number of rotatable bonds is 6. The zero-order valence-electron chi connectivity index (χ0n) is 18.4. The summed E-state index contributed by atoms with van der Waals surface area (Å²) in [6, 6.07) is 13.5. The predicted octanol–water partition coefficient (Wildman–Crippen LogP) is 3.81. The van der Waals surface area contributed by atoms with Crippen LogP contribution in [0.2, 0.25) is 0 Å². The van der Waals surface area contributed by atoms with Gasteiger partial charge in [-0.05, 0) is 75.7 Å². The third-order valence-electron chi connectivity index (χ3n) is 5.74. The molecule has 3 aromatic rings. The van der Waals surface area contributed by atoms with Gasteiger partial charge < -0.3 is 15.1 Å². The van der Waals surface area contributed by atoms with E-state index in [1.807, 2.05) is 30.3 Å². The van der Waals surface area contributed by atoms with Crippen molar-refractivity contribution in [2.24, 2.45) is 5.92 Å². The fourth-order valence-corrected chi connectivity index (χ4v) is 4.18. The van der Waals surface area contributed by atoms with Gasteiger partial charge in [-0.3, -0.25) is 9.89 Å². The Morgan fingerprint density at radius 1 is 1.19 bits per heavy atom. The van der Waals surface area contributed by atoms with Crippen LogP contribution in [0.25, 0.3) is 11.4 Å². The molecule has 0 unspecified atom stereocenters. The van der Waals surface area contributed by atoms with Gasteiger partial charge in [0.25, 0.3) is 5.91 Å². The number of H-pyrrole nitrogens is 1. The number of aromatic amines is 1. The number of benzene rings is 1. The van der Waals surface area contributed by atoms with E-state index in [9.17, 15) is 4.79 Å². The van der Waals surface area contributed by atoms with Crippen LogP contribution >= 0.6 is 0 Å². The van der Waals surface area contributed by atoms with Crippen molar-refractivity contribution in [1.82, 2.24) is 20.1 Å². The van der Waals surface area contributed by atoms with Gasteiger partial charge in [-0.25, -0.2) is 4.98 Å². The summed E-state index contributed by atoms with van der Waals surface area (Å²) in [6.07, 6.45) is 3.99. The van der Waals surface area contributed by atoms with Crippen molar-refractivity contribution in [1.29, 1.82) is 0 Å². The van der Waals surface area contributed by atoms with E-state index in [0.717, 1.165) is 55.5 Å². The van der Waals surface area contributed by atoms with E-state index in [4.69, 9.17) is 0 Å². The molecule has 4 rings (SSSR count). The van der Waals surface area contributed by atoms with Crippen molar-refractivity contribution in [3.63, 3.8) is 0 Å². The SMILES string of the molecule is Cc1ccc(NC(=O)c2cccc(-c3ccn[nH]3)n2)c(N2CCC(CN(C)C)CC2)c1. The number of aromatic nitrogens is 3. The average Bonchev–Trinajstić information content (AvgIpc) is 3.30. The fraction of sp³-hybridized carbons (Fsp3) is 0.375. The molecule has 2 N–H and O–H groups in total. The van der Waals surface area contributed by atoms with Crippen LogP contribution in [0.3, 0.4) is 0 Å². The summed E-state index contributed by atoms with van der Waals surface area (Å²) in [5.74, 6) is 0.512. The summed E-state index contributed by atoms with van der Waals surface area (Å²) >= 11 is 0. The van der Waals surface area contributed by atoms with Gasteiger partial charge in [-0.1, -0.05) is 12.1 Å². The summed E-state index contributed by atoms with van der Waals surface area (Å²) in [5.41, 5.74) is 4.95. The number of carbonyl (C=O) groups excluding carboxylic acids is 1. The maximum atomic E-state index is 13.0. The minimum Gasteiger partial charge on any atom is -0.370 e. The lowest BCUT2D eigenvalue weighted by Gasteiger charge is -2.35. The predicted molar refractivity (Wildman–Crippen MR) is 124 cm³/mol. The lowest BCUT2D eigenvalue weighted by Crippen LogP contribution is -2.37. The first-order valence-electron chi connectivity index (χ1n) is 10.8. The number of nitrogens with zero attached hydrogens (tertiary/aromatic N) is 4. The molecule has 1 fully saturated rings. The molecular formula is C24H30N6O. The van der Waals surface area contributed by atoms with Crippen LogP contribution < -0.4 is 10.2 Å². The second-order valence-corrected chi connectivity index (χ2v) is 8.55. The Morgan fingerprint density at radius 3 is 2.71 bits per heavy atom. The number of nitrogens with one attached hydrogen (secondary N) is 2. The Bertz CT molecular complexity index is 1020. The van der Waals surface area contributed by atoms with Crippen LogP contribution in [-0.2, 0) is 0 Å². The molecule has 1 saturated heterocycles. The summed E-state index contributed by atoms with van der Waals surface area (Å²) in [4.78, 5) is 22.2. The molecule has 31 heavy (non-hydrogen) atoms. The molecule has 2 aromatic heterocycles. The van der Waals surface area contributed by atoms with Gasteiger partial charge in [0.05, 0.1) is 22.8 Å². The molecule has 1 amide bonds. The minimum absolute atomic E-state index is 0.214. The van der Waals surface area contributed by atoms with Crippen LogP contribution in [-0.4, -0.2) is 59.7 Å². The molecule has 1 aliphatic rings. The summed E-state index contributed by atoms with van der Waals surface area (Å²) in [6.45, 7) is 5.21. The first-order valence-corrected chi connectivity index (χ1v) is 10.8. The highest BCUT2D eigenvalue weighted by Crippen LogP contribution is 2.31. The van der Waals surface area contributed by atoms with Gasteiger partial charge in [-0.15, -0.1) is 0 Å². The number of aryl methyl sites for hydroxylation is 1. The van der Waals surface area contributed by atoms with Gasteiger partial charge in [-0.2, -0.15) is 5.10 Å². The van der Waals surface area contributed by atoms with Crippen LogP contribution in [0.5, 0.6) is 0 Å². The van der Waals surface area contributed by atoms with Crippen LogP contribution in [0.15, 0.2) is 48.7 Å². The molecule has 7 heteroatoms. The van der Waals surface area contributed by atoms with Gasteiger partial charge in [0.2, 0.25) is 0 Å². The Balaban J connectivity index is 1.51. The molecule has 0 saturated carbocycles. The van der Waals surface area contributed by atoms with Gasteiger partial charge in [0.15, 0.2) is 0 Å². The van der Waals surface area contributed by atoms with Gasteiger partial charge >= 0.3 is 0 Å². The Morgan fingerprint density at radius 2 is 2.00 bits per heavy atom. The minimum atomic E-state index is -0.214. The highest BCUT2D eigenvalue weighted by Gasteiger charge is 2.22. The maximum Gasteiger partial charge on any atom is 0.274 e. The molecule has 0 spiro atoms. The number of anilines is 2. The van der Waals surface area contributed by atoms with Crippen LogP contribution in [0, 0.1) is 12.8 Å². The van der Waals surface area contributed by atoms with E-state index in [2.05, 4.69) is 57.4 Å². The third-order valence-corrected chi connectivity index (χ3v) is 5.74. The molecule has 7 nitrogen and oxygen atoms in total. The van der Waals surface area contributed by atoms with Gasteiger partial charge in [0, 0.05) is 25.8 Å². The molecule has 0 bridgehead atoms. The van der Waals surface area contributed by atoms with Crippen molar-refractivity contribution >= 4 is 17.3 Å². The number of piperidine rings is 1. The molecule has 1 aliphatic heterocycles. The first kappa shape index (κ1) is 21.1. The molecule has 3 heterocycles. The second kappa shape index (κ2) is 9.31. The third kappa shape index (κ3) is 5.11. The first-order chi connectivity index (χ1) is 15.0. The standard InChI is InChI=1S/C24H30N6O/c1-17-7-8-21(23(15-17)30-13-10-18(11-14-30)16-29(2)3)27-24(31)22-6-4-5-19(26-22)20-9-12-25-28-20/h4-9,12,15,18H,10-11,13-14,16H2,1-3H3,(H,25,28)(H,27,31). The number of hydrogen-bond donors (Lipinski definition) is 2. The molecule has 1 aromatic carbocycles. The van der Waals surface area contributed by atoms with Crippen molar-refractivity contribution in [2.45, 2.75) is 19.8 Å². The van der Waals surface area contributed by atoms with Crippen molar-refractivity contribution < 1.29 is 4.79 Å². The van der Waals surface area contributed by atoms with E-state index in [1.165, 1.54) is 5.56 Å². The largest absolute Gasteiger partial charge is 0.370 e.